The quantitative estimate of drug-likeness (QED) is 0.753. The molecule has 1 aliphatic heterocycles. The Morgan fingerprint density at radius 3 is 2.67 bits per heavy atom. The molecule has 15 heavy (non-hydrogen) atoms. The lowest BCUT2D eigenvalue weighted by Gasteiger charge is -2.40. The molecule has 2 heteroatoms. The Labute approximate surface area is 95.4 Å². The van der Waals surface area contributed by atoms with Gasteiger partial charge in [0.1, 0.15) is 0 Å². The molecule has 0 aliphatic carbocycles. The van der Waals surface area contributed by atoms with E-state index in [2.05, 4.69) is 38.0 Å². The highest BCUT2D eigenvalue weighted by Gasteiger charge is 2.28. The van der Waals surface area contributed by atoms with Crippen LogP contribution in [0.15, 0.2) is 0 Å². The van der Waals surface area contributed by atoms with Crippen LogP contribution in [-0.4, -0.2) is 37.6 Å². The zero-order chi connectivity index (χ0) is 11.3. The fourth-order valence-corrected chi connectivity index (χ4v) is 2.60. The molecule has 0 saturated carbocycles. The van der Waals surface area contributed by atoms with Crippen LogP contribution in [0.3, 0.4) is 0 Å². The van der Waals surface area contributed by atoms with Crippen LogP contribution < -0.4 is 5.32 Å². The van der Waals surface area contributed by atoms with E-state index in [4.69, 9.17) is 0 Å². The first-order valence-electron chi connectivity index (χ1n) is 6.50. The molecule has 0 aromatic rings. The second-order valence-electron chi connectivity index (χ2n) is 5.51. The van der Waals surface area contributed by atoms with Gasteiger partial charge in [-0.15, -0.1) is 0 Å². The van der Waals surface area contributed by atoms with E-state index < -0.39 is 0 Å². The molecule has 0 aromatic carbocycles. The van der Waals surface area contributed by atoms with Gasteiger partial charge in [0, 0.05) is 19.1 Å². The molecular weight excluding hydrogens is 184 g/mol. The van der Waals surface area contributed by atoms with Crippen molar-refractivity contribution in [3.05, 3.63) is 0 Å². The largest absolute Gasteiger partial charge is 0.319 e. The summed E-state index contributed by atoms with van der Waals surface area (Å²) in [5, 5.41) is 3.34. The van der Waals surface area contributed by atoms with Crippen molar-refractivity contribution < 1.29 is 0 Å². The molecule has 0 spiro atoms. The van der Waals surface area contributed by atoms with Gasteiger partial charge >= 0.3 is 0 Å². The Morgan fingerprint density at radius 2 is 2.13 bits per heavy atom. The highest BCUT2D eigenvalue weighted by molar-refractivity contribution is 4.83. The summed E-state index contributed by atoms with van der Waals surface area (Å²) in [7, 11) is 2.06. The van der Waals surface area contributed by atoms with E-state index in [-0.39, 0.29) is 0 Å². The van der Waals surface area contributed by atoms with Crippen molar-refractivity contribution in [3.8, 4) is 0 Å². The molecule has 1 saturated heterocycles. The molecule has 2 atom stereocenters. The zero-order valence-electron chi connectivity index (χ0n) is 11.0. The summed E-state index contributed by atoms with van der Waals surface area (Å²) >= 11 is 0. The van der Waals surface area contributed by atoms with Crippen molar-refractivity contribution in [1.82, 2.24) is 10.2 Å². The number of piperidine rings is 1. The molecule has 1 heterocycles. The van der Waals surface area contributed by atoms with E-state index in [9.17, 15) is 0 Å². The van der Waals surface area contributed by atoms with Gasteiger partial charge in [0.15, 0.2) is 0 Å². The fourth-order valence-electron chi connectivity index (χ4n) is 2.60. The van der Waals surface area contributed by atoms with Crippen molar-refractivity contribution in [1.29, 1.82) is 0 Å². The minimum absolute atomic E-state index is 0.445. The molecule has 1 rings (SSSR count). The second kappa shape index (κ2) is 5.86. The molecule has 90 valence electrons. The average Bonchev–Trinajstić information content (AvgIpc) is 2.22. The first kappa shape index (κ1) is 13.0. The van der Waals surface area contributed by atoms with Gasteiger partial charge < -0.3 is 10.2 Å². The van der Waals surface area contributed by atoms with E-state index in [1.807, 2.05) is 0 Å². The molecule has 1 fully saturated rings. The van der Waals surface area contributed by atoms with Crippen molar-refractivity contribution in [2.45, 2.75) is 52.5 Å². The molecule has 1 aliphatic rings. The molecule has 0 radical (unpaired) electrons. The second-order valence-corrected chi connectivity index (χ2v) is 5.51. The highest BCUT2D eigenvalue weighted by atomic mass is 15.2. The molecule has 0 amide bonds. The third-order valence-corrected chi connectivity index (χ3v) is 3.98. The van der Waals surface area contributed by atoms with Crippen molar-refractivity contribution in [2.24, 2.45) is 5.41 Å². The monoisotopic (exact) mass is 212 g/mol. The van der Waals surface area contributed by atoms with E-state index in [0.717, 1.165) is 12.6 Å². The Kier molecular flexibility index (Phi) is 5.07. The predicted octanol–water partition coefficient (Wildman–Crippen LogP) is 2.50. The van der Waals surface area contributed by atoms with E-state index >= 15 is 0 Å². The van der Waals surface area contributed by atoms with Crippen LogP contribution in [0, 0.1) is 5.41 Å². The van der Waals surface area contributed by atoms with Crippen molar-refractivity contribution >= 4 is 0 Å². The van der Waals surface area contributed by atoms with Crippen LogP contribution in [-0.2, 0) is 0 Å². The van der Waals surface area contributed by atoms with Crippen LogP contribution in [0.4, 0.5) is 0 Å². The van der Waals surface area contributed by atoms with Gasteiger partial charge in [0.25, 0.3) is 0 Å². The molecule has 1 N–H and O–H groups in total. The zero-order valence-corrected chi connectivity index (χ0v) is 11.0. The van der Waals surface area contributed by atoms with Crippen LogP contribution in [0.5, 0.6) is 0 Å². The van der Waals surface area contributed by atoms with E-state index in [0.29, 0.717) is 5.41 Å². The summed E-state index contributed by atoms with van der Waals surface area (Å²) < 4.78 is 0. The lowest BCUT2D eigenvalue weighted by atomic mass is 9.85. The number of likely N-dealkylation sites (tertiary alicyclic amines) is 1. The Morgan fingerprint density at radius 1 is 1.40 bits per heavy atom. The van der Waals surface area contributed by atoms with Crippen LogP contribution >= 0.6 is 0 Å². The van der Waals surface area contributed by atoms with E-state index in [1.54, 1.807) is 0 Å². The molecular formula is C13H28N2. The van der Waals surface area contributed by atoms with Gasteiger partial charge in [0.2, 0.25) is 0 Å². The van der Waals surface area contributed by atoms with Crippen molar-refractivity contribution in [2.75, 3.05) is 26.7 Å². The summed E-state index contributed by atoms with van der Waals surface area (Å²) in [5.74, 6) is 0. The summed E-state index contributed by atoms with van der Waals surface area (Å²) in [4.78, 5) is 2.68. The first-order valence-corrected chi connectivity index (χ1v) is 6.50. The smallest absolute Gasteiger partial charge is 0.00671 e. The van der Waals surface area contributed by atoms with Crippen LogP contribution in [0.1, 0.15) is 46.5 Å². The van der Waals surface area contributed by atoms with Crippen molar-refractivity contribution in [3.63, 3.8) is 0 Å². The Hall–Kier alpha value is -0.0800. The minimum Gasteiger partial charge on any atom is -0.319 e. The predicted molar refractivity (Wildman–Crippen MR) is 67.2 cm³/mol. The van der Waals surface area contributed by atoms with Gasteiger partial charge in [-0.05, 0) is 45.2 Å². The molecule has 2 nitrogen and oxygen atoms in total. The number of hydrogen-bond donors (Lipinski definition) is 1. The number of nitrogens with zero attached hydrogens (tertiary/aromatic N) is 1. The average molecular weight is 212 g/mol. The molecule has 2 unspecified atom stereocenters. The Balaban J connectivity index is 2.49. The van der Waals surface area contributed by atoms with E-state index in [1.165, 1.54) is 38.8 Å². The lowest BCUT2D eigenvalue weighted by molar-refractivity contribution is 0.0942. The van der Waals surface area contributed by atoms with Gasteiger partial charge in [-0.1, -0.05) is 20.3 Å². The maximum Gasteiger partial charge on any atom is 0.00671 e. The third kappa shape index (κ3) is 3.76. The molecule has 0 aromatic heterocycles. The molecule has 0 bridgehead atoms. The summed E-state index contributed by atoms with van der Waals surface area (Å²) in [6.45, 7) is 10.8. The number of nitrogens with one attached hydrogen (secondary N) is 1. The summed E-state index contributed by atoms with van der Waals surface area (Å²) in [6, 6.07) is 0.793. The SMILES string of the molecule is CCC(C)(CNC)CN1CCCCC1C. The minimum atomic E-state index is 0.445. The van der Waals surface area contributed by atoms with Gasteiger partial charge in [0.05, 0.1) is 0 Å². The van der Waals surface area contributed by atoms with Gasteiger partial charge in [-0.25, -0.2) is 0 Å². The van der Waals surface area contributed by atoms with Gasteiger partial charge in [-0.3, -0.25) is 0 Å². The normalized spacial score (nSPS) is 27.6. The highest BCUT2D eigenvalue weighted by Crippen LogP contribution is 2.26. The lowest BCUT2D eigenvalue weighted by Crippen LogP contribution is -2.46. The number of rotatable bonds is 5. The number of hydrogen-bond acceptors (Lipinski definition) is 2. The van der Waals surface area contributed by atoms with Gasteiger partial charge in [-0.2, -0.15) is 0 Å². The Bertz CT molecular complexity index is 181. The maximum atomic E-state index is 3.34. The fraction of sp³-hybridized carbons (Fsp3) is 1.00. The van der Waals surface area contributed by atoms with Crippen LogP contribution in [0.25, 0.3) is 0 Å². The summed E-state index contributed by atoms with van der Waals surface area (Å²) in [5.41, 5.74) is 0.445. The maximum absolute atomic E-state index is 3.34. The topological polar surface area (TPSA) is 15.3 Å². The summed E-state index contributed by atoms with van der Waals surface area (Å²) in [6.07, 6.45) is 5.46. The third-order valence-electron chi connectivity index (χ3n) is 3.98. The van der Waals surface area contributed by atoms with Crippen LogP contribution in [0.2, 0.25) is 0 Å². The first-order chi connectivity index (χ1) is 7.11. The standard InChI is InChI=1S/C13H28N2/c1-5-13(3,10-14-4)11-15-9-7-6-8-12(15)2/h12,14H,5-11H2,1-4H3.